The summed E-state index contributed by atoms with van der Waals surface area (Å²) in [5.41, 5.74) is 1.41. The number of hydrogen-bond acceptors (Lipinski definition) is 3. The second kappa shape index (κ2) is 11.0. The number of esters is 1. The lowest BCUT2D eigenvalue weighted by molar-refractivity contribution is -0.141. The van der Waals surface area contributed by atoms with Crippen LogP contribution in [0.15, 0.2) is 35.3 Å². The maximum Gasteiger partial charge on any atom is 0.330 e. The van der Waals surface area contributed by atoms with Crippen LogP contribution >= 0.6 is 0 Å². The average Bonchev–Trinajstić information content (AvgIpc) is 2.60. The number of nitrogens with zero attached hydrogens (tertiary/aromatic N) is 1. The maximum atomic E-state index is 11.1. The molecule has 0 bridgehead atoms. The first-order valence-electron chi connectivity index (χ1n) is 9.10. The maximum absolute atomic E-state index is 11.1. The predicted octanol–water partition coefficient (Wildman–Crippen LogP) is 5.26. The fourth-order valence-electron chi connectivity index (χ4n) is 2.94. The Hall–Kier alpha value is -1.64. The van der Waals surface area contributed by atoms with Gasteiger partial charge < -0.3 is 4.74 Å². The van der Waals surface area contributed by atoms with E-state index < -0.39 is 0 Å². The molecule has 1 aliphatic rings. The highest BCUT2D eigenvalue weighted by Gasteiger charge is 2.18. The van der Waals surface area contributed by atoms with Crippen molar-refractivity contribution >= 4 is 12.2 Å². The Labute approximate surface area is 147 Å². The number of aliphatic imine (C=N–C) groups is 1. The number of methoxy groups -OCH3 is 1. The van der Waals surface area contributed by atoms with Crippen molar-refractivity contribution in [2.24, 2.45) is 16.8 Å². The Balaban J connectivity index is 0.000000272. The molecule has 0 spiro atoms. The van der Waals surface area contributed by atoms with Crippen LogP contribution in [0.25, 0.3) is 0 Å². The van der Waals surface area contributed by atoms with Crippen molar-refractivity contribution in [3.8, 4) is 0 Å². The summed E-state index contributed by atoms with van der Waals surface area (Å²) in [5.74, 6) is 1.76. The number of carbonyl (C=O) groups excluding carboxylic acids is 1. The standard InChI is InChI=1S/C12H21NO2.C9H12/c1-9-5-4-6-11(7-9)8-13-10(2)12(14)15-3;1-8(2)9-6-4-3-5-7-9/h8-11H,4-7H2,1-3H3;3-8H,1-2H3/t9-,10?,11+;/m1./s1. The zero-order chi connectivity index (χ0) is 17.9. The van der Waals surface area contributed by atoms with Gasteiger partial charge in [0, 0.05) is 6.21 Å². The molecule has 0 aromatic heterocycles. The summed E-state index contributed by atoms with van der Waals surface area (Å²) in [6, 6.07) is 10.2. The lowest BCUT2D eigenvalue weighted by atomic mass is 9.83. The molecule has 3 heteroatoms. The third kappa shape index (κ3) is 7.76. The van der Waals surface area contributed by atoms with Gasteiger partial charge in [0.15, 0.2) is 0 Å². The summed E-state index contributed by atoms with van der Waals surface area (Å²) in [6.07, 6.45) is 6.98. The van der Waals surface area contributed by atoms with Crippen LogP contribution in [0.3, 0.4) is 0 Å². The summed E-state index contributed by atoms with van der Waals surface area (Å²) >= 11 is 0. The molecule has 0 heterocycles. The van der Waals surface area contributed by atoms with E-state index >= 15 is 0 Å². The zero-order valence-electron chi connectivity index (χ0n) is 15.9. The van der Waals surface area contributed by atoms with Gasteiger partial charge in [-0.25, -0.2) is 4.79 Å². The molecule has 134 valence electrons. The first-order chi connectivity index (χ1) is 11.4. The van der Waals surface area contributed by atoms with Crippen molar-refractivity contribution < 1.29 is 9.53 Å². The molecule has 1 fully saturated rings. The van der Waals surface area contributed by atoms with Gasteiger partial charge in [-0.1, -0.05) is 63.9 Å². The van der Waals surface area contributed by atoms with Crippen LogP contribution in [-0.4, -0.2) is 25.3 Å². The molecule has 1 aromatic rings. The van der Waals surface area contributed by atoms with Gasteiger partial charge >= 0.3 is 5.97 Å². The minimum atomic E-state index is -0.354. The SMILES string of the molecule is CC(C)c1ccccc1.COC(=O)C(C)N=C[C@H]1CCC[C@@H](C)C1. The molecule has 1 aliphatic carbocycles. The number of ether oxygens (including phenoxy) is 1. The second-order valence-corrected chi connectivity index (χ2v) is 7.09. The number of carbonyl (C=O) groups is 1. The van der Waals surface area contributed by atoms with Crippen LogP contribution in [0.4, 0.5) is 0 Å². The molecular weight excluding hydrogens is 298 g/mol. The molecule has 0 saturated heterocycles. The van der Waals surface area contributed by atoms with E-state index in [1.807, 2.05) is 12.3 Å². The molecule has 1 unspecified atom stereocenters. The fourth-order valence-corrected chi connectivity index (χ4v) is 2.94. The van der Waals surface area contributed by atoms with Crippen LogP contribution in [0, 0.1) is 11.8 Å². The molecule has 0 amide bonds. The summed E-state index contributed by atoms with van der Waals surface area (Å²) in [4.78, 5) is 15.4. The molecule has 0 N–H and O–H groups in total. The van der Waals surface area contributed by atoms with Crippen molar-refractivity contribution in [2.45, 2.75) is 65.3 Å². The fraction of sp³-hybridized carbons (Fsp3) is 0.619. The first kappa shape index (κ1) is 20.4. The van der Waals surface area contributed by atoms with Gasteiger partial charge in [0.25, 0.3) is 0 Å². The van der Waals surface area contributed by atoms with Crippen molar-refractivity contribution in [3.63, 3.8) is 0 Å². The first-order valence-corrected chi connectivity index (χ1v) is 9.10. The van der Waals surface area contributed by atoms with Crippen LogP contribution in [0.5, 0.6) is 0 Å². The lowest BCUT2D eigenvalue weighted by Gasteiger charge is -2.23. The van der Waals surface area contributed by atoms with E-state index in [0.717, 1.165) is 5.92 Å². The van der Waals surface area contributed by atoms with Gasteiger partial charge in [-0.05, 0) is 43.1 Å². The predicted molar refractivity (Wildman–Crippen MR) is 102 cm³/mol. The molecule has 0 aliphatic heterocycles. The smallest absolute Gasteiger partial charge is 0.330 e. The van der Waals surface area contributed by atoms with E-state index in [2.05, 4.69) is 54.8 Å². The lowest BCUT2D eigenvalue weighted by Crippen LogP contribution is -2.19. The van der Waals surface area contributed by atoms with Crippen molar-refractivity contribution in [1.82, 2.24) is 0 Å². The van der Waals surface area contributed by atoms with Gasteiger partial charge in [-0.3, -0.25) is 4.99 Å². The molecule has 2 rings (SSSR count). The van der Waals surface area contributed by atoms with Gasteiger partial charge in [0.1, 0.15) is 6.04 Å². The summed E-state index contributed by atoms with van der Waals surface area (Å²) in [7, 11) is 1.40. The van der Waals surface area contributed by atoms with Gasteiger partial charge in [0.05, 0.1) is 7.11 Å². The molecular formula is C21H33NO2. The van der Waals surface area contributed by atoms with Crippen LogP contribution < -0.4 is 0 Å². The van der Waals surface area contributed by atoms with E-state index in [-0.39, 0.29) is 12.0 Å². The monoisotopic (exact) mass is 331 g/mol. The molecule has 24 heavy (non-hydrogen) atoms. The Morgan fingerprint density at radius 2 is 1.88 bits per heavy atom. The molecule has 1 saturated carbocycles. The average molecular weight is 332 g/mol. The topological polar surface area (TPSA) is 38.7 Å². The highest BCUT2D eigenvalue weighted by Crippen LogP contribution is 2.27. The van der Waals surface area contributed by atoms with Crippen LogP contribution in [-0.2, 0) is 9.53 Å². The molecule has 3 atom stereocenters. The number of benzene rings is 1. The summed E-state index contributed by atoms with van der Waals surface area (Å²) in [6.45, 7) is 8.46. The Morgan fingerprint density at radius 3 is 2.38 bits per heavy atom. The van der Waals surface area contributed by atoms with Crippen molar-refractivity contribution in [2.75, 3.05) is 7.11 Å². The van der Waals surface area contributed by atoms with Gasteiger partial charge in [-0.15, -0.1) is 0 Å². The number of rotatable bonds is 4. The third-order valence-corrected chi connectivity index (χ3v) is 4.51. The van der Waals surface area contributed by atoms with Gasteiger partial charge in [-0.2, -0.15) is 0 Å². The zero-order valence-corrected chi connectivity index (χ0v) is 15.9. The third-order valence-electron chi connectivity index (χ3n) is 4.51. The number of hydrogen-bond donors (Lipinski definition) is 0. The van der Waals surface area contributed by atoms with Crippen LogP contribution in [0.1, 0.15) is 64.9 Å². The van der Waals surface area contributed by atoms with Crippen molar-refractivity contribution in [3.05, 3.63) is 35.9 Å². The summed E-state index contributed by atoms with van der Waals surface area (Å²) in [5, 5.41) is 0. The molecule has 3 nitrogen and oxygen atoms in total. The minimum absolute atomic E-state index is 0.255. The largest absolute Gasteiger partial charge is 0.467 e. The van der Waals surface area contributed by atoms with E-state index in [9.17, 15) is 4.79 Å². The van der Waals surface area contributed by atoms with E-state index in [1.165, 1.54) is 38.4 Å². The highest BCUT2D eigenvalue weighted by molar-refractivity contribution is 5.77. The van der Waals surface area contributed by atoms with Gasteiger partial charge in [0.2, 0.25) is 0 Å². The highest BCUT2D eigenvalue weighted by atomic mass is 16.5. The second-order valence-electron chi connectivity index (χ2n) is 7.09. The minimum Gasteiger partial charge on any atom is -0.467 e. The normalized spacial score (nSPS) is 21.9. The van der Waals surface area contributed by atoms with E-state index in [4.69, 9.17) is 0 Å². The Kier molecular flexibility index (Phi) is 9.36. The van der Waals surface area contributed by atoms with E-state index in [1.54, 1.807) is 6.92 Å². The Morgan fingerprint density at radius 1 is 1.21 bits per heavy atom. The van der Waals surface area contributed by atoms with E-state index in [0.29, 0.717) is 11.8 Å². The van der Waals surface area contributed by atoms with Crippen molar-refractivity contribution in [1.29, 1.82) is 0 Å². The quantitative estimate of drug-likeness (QED) is 0.558. The summed E-state index contributed by atoms with van der Waals surface area (Å²) < 4.78 is 4.62. The molecule has 1 aromatic carbocycles. The Bertz CT molecular complexity index is 496. The van der Waals surface area contributed by atoms with Crippen LogP contribution in [0.2, 0.25) is 0 Å². The molecule has 0 radical (unpaired) electrons.